The predicted octanol–water partition coefficient (Wildman–Crippen LogP) is 1.27. The topological polar surface area (TPSA) is 112 Å². The van der Waals surface area contributed by atoms with Crippen molar-refractivity contribution in [2.75, 3.05) is 6.54 Å². The van der Waals surface area contributed by atoms with E-state index in [9.17, 15) is 4.79 Å². The molecule has 6 nitrogen and oxygen atoms in total. The largest absolute Gasteiger partial charge is 0.481 e. The van der Waals surface area contributed by atoms with Crippen LogP contribution in [0.5, 0.6) is 0 Å². The Bertz CT molecular complexity index is 199. The summed E-state index contributed by atoms with van der Waals surface area (Å²) in [6, 6.07) is -0.928. The molecule has 0 amide bonds. The first-order chi connectivity index (χ1) is 6.22. The van der Waals surface area contributed by atoms with Crippen LogP contribution in [-0.4, -0.2) is 23.7 Å². The molecule has 3 N–H and O–H groups in total. The first-order valence-electron chi connectivity index (χ1n) is 4.19. The van der Waals surface area contributed by atoms with Gasteiger partial charge >= 0.3 is 5.97 Å². The minimum atomic E-state index is -1.06. The zero-order valence-electron chi connectivity index (χ0n) is 7.39. The van der Waals surface area contributed by atoms with Gasteiger partial charge in [-0.3, -0.25) is 4.79 Å². The van der Waals surface area contributed by atoms with E-state index >= 15 is 0 Å². The van der Waals surface area contributed by atoms with Crippen molar-refractivity contribution >= 4 is 5.97 Å². The van der Waals surface area contributed by atoms with Crippen molar-refractivity contribution in [2.45, 2.75) is 31.7 Å². The number of carbonyl (C=O) groups is 1. The third-order valence-corrected chi connectivity index (χ3v) is 1.66. The Morgan fingerprint density at radius 1 is 1.54 bits per heavy atom. The summed E-state index contributed by atoms with van der Waals surface area (Å²) in [4.78, 5) is 12.9. The van der Waals surface area contributed by atoms with Crippen LogP contribution in [0.4, 0.5) is 0 Å². The molecule has 0 aromatic rings. The van der Waals surface area contributed by atoms with E-state index < -0.39 is 12.0 Å². The van der Waals surface area contributed by atoms with Crippen LogP contribution in [0.1, 0.15) is 25.7 Å². The zero-order valence-corrected chi connectivity index (χ0v) is 7.39. The first-order valence-corrected chi connectivity index (χ1v) is 4.19. The van der Waals surface area contributed by atoms with Gasteiger partial charge in [0.2, 0.25) is 0 Å². The minimum absolute atomic E-state index is 0.388. The first kappa shape index (κ1) is 11.7. The average Bonchev–Trinajstić information content (AvgIpc) is 2.10. The van der Waals surface area contributed by atoms with Crippen molar-refractivity contribution < 1.29 is 9.90 Å². The molecule has 0 fully saturated rings. The smallest absolute Gasteiger partial charge is 0.312 e. The highest BCUT2D eigenvalue weighted by molar-refractivity contribution is 5.73. The number of unbranched alkanes of at least 4 members (excludes halogenated alkanes) is 2. The van der Waals surface area contributed by atoms with Crippen LogP contribution in [0.3, 0.4) is 0 Å². The van der Waals surface area contributed by atoms with Crippen molar-refractivity contribution in [1.82, 2.24) is 0 Å². The maximum Gasteiger partial charge on any atom is 0.312 e. The van der Waals surface area contributed by atoms with E-state index in [0.717, 1.165) is 19.3 Å². The van der Waals surface area contributed by atoms with Crippen LogP contribution >= 0.6 is 0 Å². The van der Waals surface area contributed by atoms with Crippen molar-refractivity contribution in [3.63, 3.8) is 0 Å². The Balaban J connectivity index is 3.70. The SMILES string of the molecule is [N-]=[N+]=NC(CCCCCN)C(=O)O. The third kappa shape index (κ3) is 5.95. The molecule has 0 radical (unpaired) electrons. The number of hydrogen-bond donors (Lipinski definition) is 2. The van der Waals surface area contributed by atoms with E-state index in [1.807, 2.05) is 0 Å². The molecule has 6 heteroatoms. The number of hydrogen-bond acceptors (Lipinski definition) is 3. The highest BCUT2D eigenvalue weighted by Gasteiger charge is 2.13. The van der Waals surface area contributed by atoms with Gasteiger partial charge in [-0.1, -0.05) is 18.0 Å². The third-order valence-electron chi connectivity index (χ3n) is 1.66. The van der Waals surface area contributed by atoms with Gasteiger partial charge in [-0.15, -0.1) is 0 Å². The number of carboxylic acids is 1. The molecular weight excluding hydrogens is 172 g/mol. The van der Waals surface area contributed by atoms with E-state index in [-0.39, 0.29) is 0 Å². The molecule has 1 unspecified atom stereocenters. The van der Waals surface area contributed by atoms with Gasteiger partial charge in [-0.25, -0.2) is 0 Å². The minimum Gasteiger partial charge on any atom is -0.481 e. The summed E-state index contributed by atoms with van der Waals surface area (Å²) in [5, 5.41) is 11.7. The second-order valence-electron chi connectivity index (χ2n) is 2.70. The normalized spacial score (nSPS) is 11.8. The number of carboxylic acid groups (broad SMARTS) is 1. The average molecular weight is 186 g/mol. The highest BCUT2D eigenvalue weighted by Crippen LogP contribution is 2.06. The highest BCUT2D eigenvalue weighted by atomic mass is 16.4. The lowest BCUT2D eigenvalue weighted by Crippen LogP contribution is -2.16. The number of aliphatic carboxylic acids is 1. The summed E-state index contributed by atoms with van der Waals surface area (Å²) >= 11 is 0. The molecule has 0 rings (SSSR count). The Kier molecular flexibility index (Phi) is 6.68. The van der Waals surface area contributed by atoms with Crippen molar-refractivity contribution in [2.24, 2.45) is 10.8 Å². The molecule has 0 aliphatic carbocycles. The lowest BCUT2D eigenvalue weighted by molar-refractivity contribution is -0.138. The molecule has 0 aliphatic rings. The molecule has 74 valence electrons. The quantitative estimate of drug-likeness (QED) is 0.270. The predicted molar refractivity (Wildman–Crippen MR) is 48.1 cm³/mol. The van der Waals surface area contributed by atoms with E-state index in [2.05, 4.69) is 10.0 Å². The van der Waals surface area contributed by atoms with Gasteiger partial charge in [0, 0.05) is 4.91 Å². The Morgan fingerprint density at radius 2 is 2.23 bits per heavy atom. The van der Waals surface area contributed by atoms with Crippen molar-refractivity contribution in [3.05, 3.63) is 10.4 Å². The van der Waals surface area contributed by atoms with E-state index in [0.29, 0.717) is 13.0 Å². The van der Waals surface area contributed by atoms with Crippen molar-refractivity contribution in [1.29, 1.82) is 0 Å². The van der Waals surface area contributed by atoms with E-state index in [1.165, 1.54) is 0 Å². The van der Waals surface area contributed by atoms with Gasteiger partial charge in [-0.05, 0) is 24.9 Å². The van der Waals surface area contributed by atoms with Crippen LogP contribution in [0.25, 0.3) is 10.4 Å². The molecule has 1 atom stereocenters. The van der Waals surface area contributed by atoms with E-state index in [4.69, 9.17) is 16.4 Å². The van der Waals surface area contributed by atoms with Crippen LogP contribution in [0.15, 0.2) is 5.11 Å². The molecule has 0 aliphatic heterocycles. The number of nitrogens with zero attached hydrogens (tertiary/aromatic N) is 3. The summed E-state index contributed by atoms with van der Waals surface area (Å²) in [7, 11) is 0. The second kappa shape index (κ2) is 7.39. The van der Waals surface area contributed by atoms with Gasteiger partial charge in [0.25, 0.3) is 0 Å². The summed E-state index contributed by atoms with van der Waals surface area (Å²) in [5.41, 5.74) is 13.3. The lowest BCUT2D eigenvalue weighted by atomic mass is 10.1. The standard InChI is InChI=1S/C7H14N4O2/c8-5-3-1-2-4-6(7(12)13)10-11-9/h6H,1-5,8H2,(H,12,13). The summed E-state index contributed by atoms with van der Waals surface area (Å²) in [6.45, 7) is 0.610. The fourth-order valence-corrected chi connectivity index (χ4v) is 0.952. The fourth-order valence-electron chi connectivity index (χ4n) is 0.952. The Labute approximate surface area is 76.4 Å². The summed E-state index contributed by atoms with van der Waals surface area (Å²) < 4.78 is 0. The van der Waals surface area contributed by atoms with Gasteiger partial charge < -0.3 is 10.8 Å². The molecule has 0 saturated carbocycles. The molecule has 0 saturated heterocycles. The second-order valence-corrected chi connectivity index (χ2v) is 2.70. The number of rotatable bonds is 7. The molecule has 0 heterocycles. The van der Waals surface area contributed by atoms with Gasteiger partial charge in [-0.2, -0.15) is 0 Å². The summed E-state index contributed by atoms with van der Waals surface area (Å²) in [6.07, 6.45) is 2.87. The molecule has 0 spiro atoms. The zero-order chi connectivity index (χ0) is 10.1. The molecule has 13 heavy (non-hydrogen) atoms. The maximum absolute atomic E-state index is 10.5. The summed E-state index contributed by atoms with van der Waals surface area (Å²) in [5.74, 6) is -1.06. The lowest BCUT2D eigenvalue weighted by Gasteiger charge is -2.04. The number of azide groups is 1. The molecule has 0 bridgehead atoms. The van der Waals surface area contributed by atoms with Crippen LogP contribution in [0, 0.1) is 0 Å². The molecule has 0 aromatic carbocycles. The van der Waals surface area contributed by atoms with Gasteiger partial charge in [0.1, 0.15) is 6.04 Å². The maximum atomic E-state index is 10.5. The van der Waals surface area contributed by atoms with Gasteiger partial charge in [0.05, 0.1) is 0 Å². The Hall–Kier alpha value is -1.26. The monoisotopic (exact) mass is 186 g/mol. The molecular formula is C7H14N4O2. The van der Waals surface area contributed by atoms with E-state index in [1.54, 1.807) is 0 Å². The van der Waals surface area contributed by atoms with Gasteiger partial charge in [0.15, 0.2) is 0 Å². The van der Waals surface area contributed by atoms with Crippen LogP contribution < -0.4 is 5.73 Å². The fraction of sp³-hybridized carbons (Fsp3) is 0.857. The number of nitrogens with two attached hydrogens (primary N) is 1. The van der Waals surface area contributed by atoms with Crippen LogP contribution in [0.2, 0.25) is 0 Å². The van der Waals surface area contributed by atoms with Crippen LogP contribution in [-0.2, 0) is 4.79 Å². The Morgan fingerprint density at radius 3 is 2.69 bits per heavy atom. The van der Waals surface area contributed by atoms with Crippen molar-refractivity contribution in [3.8, 4) is 0 Å². The molecule has 0 aromatic heterocycles.